The van der Waals surface area contributed by atoms with Crippen molar-refractivity contribution in [3.05, 3.63) is 32.7 Å². The van der Waals surface area contributed by atoms with E-state index in [9.17, 15) is 14.7 Å². The lowest BCUT2D eigenvalue weighted by Crippen LogP contribution is -2.43. The van der Waals surface area contributed by atoms with Gasteiger partial charge in [0.25, 0.3) is 0 Å². The number of hydrogen-bond donors (Lipinski definition) is 1. The summed E-state index contributed by atoms with van der Waals surface area (Å²) in [6, 6.07) is 4.01. The third-order valence-corrected chi connectivity index (χ3v) is 5.20. The number of carboxylic acids is 1. The molecule has 0 aromatic heterocycles. The van der Waals surface area contributed by atoms with Gasteiger partial charge in [-0.15, -0.1) is 0 Å². The molecule has 0 spiro atoms. The van der Waals surface area contributed by atoms with Crippen LogP contribution in [0.15, 0.2) is 27.1 Å². The van der Waals surface area contributed by atoms with E-state index in [0.717, 1.165) is 21.8 Å². The zero-order valence-electron chi connectivity index (χ0n) is 13.2. The maximum atomic E-state index is 12.5. The number of amides is 1. The van der Waals surface area contributed by atoms with Crippen molar-refractivity contribution in [3.63, 3.8) is 0 Å². The first-order chi connectivity index (χ1) is 10.6. The quantitative estimate of drug-likeness (QED) is 0.722. The topological polar surface area (TPSA) is 66.8 Å². The lowest BCUT2D eigenvalue weighted by Gasteiger charge is -2.32. The summed E-state index contributed by atoms with van der Waals surface area (Å²) < 4.78 is 6.97. The maximum absolute atomic E-state index is 12.5. The molecule has 126 valence electrons. The first-order valence-corrected chi connectivity index (χ1v) is 8.88. The smallest absolute Gasteiger partial charge is 0.411 e. The molecule has 23 heavy (non-hydrogen) atoms. The third-order valence-electron chi connectivity index (χ3n) is 3.32. The molecule has 0 radical (unpaired) electrons. The molecule has 1 aromatic rings. The van der Waals surface area contributed by atoms with E-state index < -0.39 is 23.7 Å². The van der Waals surface area contributed by atoms with Crippen LogP contribution >= 0.6 is 31.9 Å². The Morgan fingerprint density at radius 1 is 1.26 bits per heavy atom. The summed E-state index contributed by atoms with van der Waals surface area (Å²) >= 11 is 6.74. The van der Waals surface area contributed by atoms with Crippen molar-refractivity contribution >= 4 is 43.9 Å². The average Bonchev–Trinajstić information content (AvgIpc) is 3.21. The van der Waals surface area contributed by atoms with Gasteiger partial charge in [-0.1, -0.05) is 6.07 Å². The Morgan fingerprint density at radius 3 is 2.30 bits per heavy atom. The van der Waals surface area contributed by atoms with Gasteiger partial charge in [0.15, 0.2) is 6.04 Å². The second kappa shape index (κ2) is 6.81. The summed E-state index contributed by atoms with van der Waals surface area (Å²) in [5, 5.41) is 9.70. The molecule has 1 N–H and O–H groups in total. The predicted molar refractivity (Wildman–Crippen MR) is 93.3 cm³/mol. The van der Waals surface area contributed by atoms with Gasteiger partial charge in [-0.05, 0) is 83.2 Å². The number of nitrogens with zero attached hydrogens (tertiary/aromatic N) is 1. The van der Waals surface area contributed by atoms with E-state index in [4.69, 9.17) is 4.74 Å². The molecule has 0 saturated heterocycles. The van der Waals surface area contributed by atoms with Crippen molar-refractivity contribution in [2.75, 3.05) is 0 Å². The van der Waals surface area contributed by atoms with Gasteiger partial charge in [-0.3, -0.25) is 4.90 Å². The second-order valence-corrected chi connectivity index (χ2v) is 8.24. The molecule has 1 aliphatic carbocycles. The van der Waals surface area contributed by atoms with E-state index in [2.05, 4.69) is 31.9 Å². The third kappa shape index (κ3) is 4.70. The van der Waals surface area contributed by atoms with Gasteiger partial charge < -0.3 is 9.84 Å². The normalized spacial score (nSPS) is 15.9. The summed E-state index contributed by atoms with van der Waals surface area (Å²) in [7, 11) is 0. The fourth-order valence-corrected chi connectivity index (χ4v) is 2.88. The van der Waals surface area contributed by atoms with E-state index in [1.54, 1.807) is 39.0 Å². The summed E-state index contributed by atoms with van der Waals surface area (Å²) in [5.41, 5.74) is -0.140. The lowest BCUT2D eigenvalue weighted by molar-refractivity contribution is -0.143. The maximum Gasteiger partial charge on any atom is 0.411 e. The highest BCUT2D eigenvalue weighted by Crippen LogP contribution is 2.37. The molecule has 1 unspecified atom stereocenters. The molecule has 1 aliphatic rings. The largest absolute Gasteiger partial charge is 0.479 e. The van der Waals surface area contributed by atoms with Crippen LogP contribution in [0.5, 0.6) is 0 Å². The van der Waals surface area contributed by atoms with Crippen LogP contribution in [0, 0.1) is 0 Å². The summed E-state index contributed by atoms with van der Waals surface area (Å²) in [6.45, 7) is 5.30. The fourth-order valence-electron chi connectivity index (χ4n) is 2.24. The van der Waals surface area contributed by atoms with Crippen LogP contribution in [0.3, 0.4) is 0 Å². The molecule has 1 atom stereocenters. The molecule has 1 fully saturated rings. The number of benzene rings is 1. The van der Waals surface area contributed by atoms with Gasteiger partial charge in [-0.25, -0.2) is 9.59 Å². The highest BCUT2D eigenvalue weighted by atomic mass is 79.9. The molecule has 1 aromatic carbocycles. The number of ether oxygens (including phenoxy) is 1. The Balaban J connectivity index is 2.37. The fraction of sp³-hybridized carbons (Fsp3) is 0.500. The molecular formula is C16H19Br2NO4. The highest BCUT2D eigenvalue weighted by molar-refractivity contribution is 9.13. The number of aliphatic carboxylic acids is 1. The standard InChI is InChI=1S/C16H19Br2NO4/c1-16(2,3)23-15(22)19(10-5-6-10)13(14(20)21)9-4-7-11(17)12(18)8-9/h4,7-8,10,13H,5-6H2,1-3H3,(H,20,21). The minimum atomic E-state index is -1.07. The SMILES string of the molecule is CC(C)(C)OC(=O)N(C1CC1)C(C(=O)O)c1ccc(Br)c(Br)c1. The van der Waals surface area contributed by atoms with E-state index in [0.29, 0.717) is 5.56 Å². The van der Waals surface area contributed by atoms with Crippen LogP contribution in [0.1, 0.15) is 45.2 Å². The minimum absolute atomic E-state index is 0.0895. The van der Waals surface area contributed by atoms with Gasteiger partial charge in [0, 0.05) is 15.0 Å². The molecule has 1 amide bonds. The van der Waals surface area contributed by atoms with Crippen molar-refractivity contribution in [2.45, 2.75) is 51.3 Å². The van der Waals surface area contributed by atoms with Gasteiger partial charge in [-0.2, -0.15) is 0 Å². The molecule has 1 saturated carbocycles. The Hall–Kier alpha value is -1.08. The molecule has 7 heteroatoms. The lowest BCUT2D eigenvalue weighted by atomic mass is 10.1. The Morgan fingerprint density at radius 2 is 1.87 bits per heavy atom. The van der Waals surface area contributed by atoms with Gasteiger partial charge >= 0.3 is 12.1 Å². The Bertz CT molecular complexity index is 623. The van der Waals surface area contributed by atoms with Crippen LogP contribution < -0.4 is 0 Å². The zero-order chi connectivity index (χ0) is 17.4. The number of carboxylic acid groups (broad SMARTS) is 1. The van der Waals surface area contributed by atoms with Crippen molar-refractivity contribution in [1.82, 2.24) is 4.90 Å². The van der Waals surface area contributed by atoms with Crippen LogP contribution in [-0.2, 0) is 9.53 Å². The summed E-state index contributed by atoms with van der Waals surface area (Å²) in [6.07, 6.45) is 0.994. The minimum Gasteiger partial charge on any atom is -0.479 e. The van der Waals surface area contributed by atoms with Crippen LogP contribution in [-0.4, -0.2) is 33.7 Å². The Labute approximate surface area is 152 Å². The summed E-state index contributed by atoms with van der Waals surface area (Å²) in [5.74, 6) is -1.07. The average molecular weight is 449 g/mol. The number of carbonyl (C=O) groups is 2. The highest BCUT2D eigenvalue weighted by Gasteiger charge is 2.43. The monoisotopic (exact) mass is 447 g/mol. The van der Waals surface area contributed by atoms with Crippen molar-refractivity contribution < 1.29 is 19.4 Å². The molecule has 0 aliphatic heterocycles. The van der Waals surface area contributed by atoms with Gasteiger partial charge in [0.05, 0.1) is 0 Å². The first-order valence-electron chi connectivity index (χ1n) is 7.29. The predicted octanol–water partition coefficient (Wildman–Crippen LogP) is 4.74. The van der Waals surface area contributed by atoms with Gasteiger partial charge in [0.1, 0.15) is 5.60 Å². The van der Waals surface area contributed by atoms with Crippen molar-refractivity contribution in [3.8, 4) is 0 Å². The van der Waals surface area contributed by atoms with Crippen molar-refractivity contribution in [2.24, 2.45) is 0 Å². The van der Waals surface area contributed by atoms with Crippen LogP contribution in [0.2, 0.25) is 0 Å². The second-order valence-electron chi connectivity index (χ2n) is 6.53. The van der Waals surface area contributed by atoms with E-state index >= 15 is 0 Å². The molecule has 5 nitrogen and oxygen atoms in total. The van der Waals surface area contributed by atoms with Crippen LogP contribution in [0.25, 0.3) is 0 Å². The molecule has 2 rings (SSSR count). The molecule has 0 heterocycles. The van der Waals surface area contributed by atoms with E-state index in [1.165, 1.54) is 4.90 Å². The van der Waals surface area contributed by atoms with Crippen molar-refractivity contribution in [1.29, 1.82) is 0 Å². The van der Waals surface area contributed by atoms with Gasteiger partial charge in [0.2, 0.25) is 0 Å². The van der Waals surface area contributed by atoms with Crippen LogP contribution in [0.4, 0.5) is 4.79 Å². The Kier molecular flexibility index (Phi) is 5.41. The van der Waals surface area contributed by atoms with E-state index in [1.807, 2.05) is 0 Å². The molecule has 0 bridgehead atoms. The number of carbonyl (C=O) groups excluding carboxylic acids is 1. The van der Waals surface area contributed by atoms with E-state index in [-0.39, 0.29) is 6.04 Å². The summed E-state index contributed by atoms with van der Waals surface area (Å²) in [4.78, 5) is 25.7. The number of rotatable bonds is 4. The number of hydrogen-bond acceptors (Lipinski definition) is 3. The first kappa shape index (κ1) is 18.3. The molecular weight excluding hydrogens is 430 g/mol. The number of halogens is 2. The zero-order valence-corrected chi connectivity index (χ0v) is 16.3.